The highest BCUT2D eigenvalue weighted by molar-refractivity contribution is 4.91. The second-order valence-electron chi connectivity index (χ2n) is 5.93. The molecule has 0 aromatic rings. The molecule has 2 nitrogen and oxygen atoms in total. The lowest BCUT2D eigenvalue weighted by atomic mass is 9.82. The molecule has 0 rings (SSSR count). The van der Waals surface area contributed by atoms with Crippen LogP contribution >= 0.6 is 0 Å². The summed E-state index contributed by atoms with van der Waals surface area (Å²) in [6.07, 6.45) is 3.65. The summed E-state index contributed by atoms with van der Waals surface area (Å²) in [5.74, 6) is 1.48. The Hall–Kier alpha value is -0.0800. The predicted molar refractivity (Wildman–Crippen MR) is 78.2 cm³/mol. The maximum Gasteiger partial charge on any atom is 0.0331 e. The fourth-order valence-corrected chi connectivity index (χ4v) is 2.75. The van der Waals surface area contributed by atoms with Crippen molar-refractivity contribution >= 4 is 0 Å². The van der Waals surface area contributed by atoms with E-state index < -0.39 is 0 Å². The van der Waals surface area contributed by atoms with Crippen LogP contribution in [0.2, 0.25) is 0 Å². The number of likely N-dealkylation sites (N-methyl/N-ethyl adjacent to an activating group) is 1. The van der Waals surface area contributed by atoms with E-state index in [2.05, 4.69) is 46.4 Å². The molecule has 0 aliphatic carbocycles. The largest absolute Gasteiger partial charge is 0.329 e. The van der Waals surface area contributed by atoms with Gasteiger partial charge in [0.15, 0.2) is 0 Å². The fraction of sp³-hybridized carbons (Fsp3) is 1.00. The molecule has 104 valence electrons. The standard InChI is InChI=1S/C15H34N2/c1-7-14(6)10-15(8-2,12-16)17(9-3)11-13(4)5/h13-14H,7-12,16H2,1-6H3. The molecular formula is C15H34N2. The molecule has 2 heteroatoms. The Morgan fingerprint density at radius 3 is 2.00 bits per heavy atom. The van der Waals surface area contributed by atoms with Crippen LogP contribution in [0.3, 0.4) is 0 Å². The van der Waals surface area contributed by atoms with Crippen molar-refractivity contribution in [2.45, 2.75) is 66.3 Å². The van der Waals surface area contributed by atoms with Crippen molar-refractivity contribution in [3.8, 4) is 0 Å². The molecule has 0 amide bonds. The summed E-state index contributed by atoms with van der Waals surface area (Å²) in [5.41, 5.74) is 6.35. The molecule has 0 heterocycles. The molecule has 0 aromatic carbocycles. The molecule has 0 spiro atoms. The zero-order valence-corrected chi connectivity index (χ0v) is 12.9. The zero-order valence-electron chi connectivity index (χ0n) is 12.9. The van der Waals surface area contributed by atoms with Gasteiger partial charge in [0.05, 0.1) is 0 Å². The first kappa shape index (κ1) is 16.9. The molecular weight excluding hydrogens is 208 g/mol. The van der Waals surface area contributed by atoms with E-state index in [9.17, 15) is 0 Å². The molecule has 0 bridgehead atoms. The van der Waals surface area contributed by atoms with E-state index in [1.165, 1.54) is 12.8 Å². The Kier molecular flexibility index (Phi) is 8.06. The van der Waals surface area contributed by atoms with Gasteiger partial charge in [0.2, 0.25) is 0 Å². The van der Waals surface area contributed by atoms with Crippen LogP contribution in [-0.2, 0) is 0 Å². The second-order valence-corrected chi connectivity index (χ2v) is 5.93. The normalized spacial score (nSPS) is 17.5. The summed E-state index contributed by atoms with van der Waals surface area (Å²) in [7, 11) is 0. The topological polar surface area (TPSA) is 29.3 Å². The van der Waals surface area contributed by atoms with Crippen LogP contribution in [0.4, 0.5) is 0 Å². The van der Waals surface area contributed by atoms with Gasteiger partial charge in [-0.05, 0) is 31.2 Å². The van der Waals surface area contributed by atoms with Crippen molar-refractivity contribution < 1.29 is 0 Å². The third kappa shape index (κ3) is 4.97. The Bertz CT molecular complexity index is 185. The monoisotopic (exact) mass is 242 g/mol. The second kappa shape index (κ2) is 8.10. The first-order valence-corrected chi connectivity index (χ1v) is 7.40. The predicted octanol–water partition coefficient (Wildman–Crippen LogP) is 3.51. The maximum atomic E-state index is 6.13. The van der Waals surface area contributed by atoms with Crippen molar-refractivity contribution in [1.82, 2.24) is 4.90 Å². The van der Waals surface area contributed by atoms with Gasteiger partial charge in [0.1, 0.15) is 0 Å². The molecule has 0 saturated carbocycles. The third-order valence-electron chi connectivity index (χ3n) is 4.10. The number of nitrogens with zero attached hydrogens (tertiary/aromatic N) is 1. The van der Waals surface area contributed by atoms with Crippen molar-refractivity contribution in [2.75, 3.05) is 19.6 Å². The van der Waals surface area contributed by atoms with Crippen LogP contribution in [0.1, 0.15) is 60.8 Å². The quantitative estimate of drug-likeness (QED) is 0.670. The van der Waals surface area contributed by atoms with Gasteiger partial charge >= 0.3 is 0 Å². The van der Waals surface area contributed by atoms with Gasteiger partial charge in [0, 0.05) is 18.6 Å². The maximum absolute atomic E-state index is 6.13. The van der Waals surface area contributed by atoms with E-state index in [4.69, 9.17) is 5.73 Å². The Balaban J connectivity index is 4.85. The summed E-state index contributed by atoms with van der Waals surface area (Å²) in [5, 5.41) is 0. The van der Waals surface area contributed by atoms with Gasteiger partial charge in [0.25, 0.3) is 0 Å². The molecule has 0 fully saturated rings. The van der Waals surface area contributed by atoms with Gasteiger partial charge in [-0.15, -0.1) is 0 Å². The zero-order chi connectivity index (χ0) is 13.5. The molecule has 0 aromatic heterocycles. The number of nitrogens with two attached hydrogens (primary N) is 1. The van der Waals surface area contributed by atoms with E-state index in [1.54, 1.807) is 0 Å². The van der Waals surface area contributed by atoms with E-state index in [1.807, 2.05) is 0 Å². The molecule has 2 atom stereocenters. The number of hydrogen-bond acceptors (Lipinski definition) is 2. The van der Waals surface area contributed by atoms with Crippen molar-refractivity contribution in [2.24, 2.45) is 17.6 Å². The van der Waals surface area contributed by atoms with Crippen LogP contribution in [0.25, 0.3) is 0 Å². The lowest BCUT2D eigenvalue weighted by molar-refractivity contribution is 0.0598. The van der Waals surface area contributed by atoms with Crippen molar-refractivity contribution in [3.63, 3.8) is 0 Å². The van der Waals surface area contributed by atoms with Gasteiger partial charge < -0.3 is 5.73 Å². The average Bonchev–Trinajstić information content (AvgIpc) is 2.32. The molecule has 0 aliphatic heterocycles. The van der Waals surface area contributed by atoms with Crippen LogP contribution < -0.4 is 5.73 Å². The minimum absolute atomic E-state index is 0.217. The average molecular weight is 242 g/mol. The summed E-state index contributed by atoms with van der Waals surface area (Å²) in [6, 6.07) is 0. The van der Waals surface area contributed by atoms with E-state index >= 15 is 0 Å². The SMILES string of the molecule is CCC(C)CC(CC)(CN)N(CC)CC(C)C. The van der Waals surface area contributed by atoms with Crippen molar-refractivity contribution in [3.05, 3.63) is 0 Å². The van der Waals surface area contributed by atoms with Gasteiger partial charge in [-0.25, -0.2) is 0 Å². The molecule has 2 unspecified atom stereocenters. The van der Waals surface area contributed by atoms with Gasteiger partial charge in [-0.3, -0.25) is 4.90 Å². The Morgan fingerprint density at radius 2 is 1.71 bits per heavy atom. The Labute approximate surface area is 109 Å². The highest BCUT2D eigenvalue weighted by Crippen LogP contribution is 2.29. The summed E-state index contributed by atoms with van der Waals surface area (Å²) in [6.45, 7) is 16.8. The van der Waals surface area contributed by atoms with Crippen LogP contribution in [0.5, 0.6) is 0 Å². The first-order chi connectivity index (χ1) is 7.95. The summed E-state index contributed by atoms with van der Waals surface area (Å²) in [4.78, 5) is 2.61. The van der Waals surface area contributed by atoms with Crippen LogP contribution in [0.15, 0.2) is 0 Å². The van der Waals surface area contributed by atoms with Gasteiger partial charge in [-0.2, -0.15) is 0 Å². The van der Waals surface area contributed by atoms with E-state index in [-0.39, 0.29) is 5.54 Å². The smallest absolute Gasteiger partial charge is 0.0331 e. The number of hydrogen-bond donors (Lipinski definition) is 1. The molecule has 17 heavy (non-hydrogen) atoms. The van der Waals surface area contributed by atoms with E-state index in [0.29, 0.717) is 5.92 Å². The Morgan fingerprint density at radius 1 is 1.12 bits per heavy atom. The lowest BCUT2D eigenvalue weighted by Gasteiger charge is -2.45. The molecule has 0 aliphatic rings. The van der Waals surface area contributed by atoms with Crippen LogP contribution in [-0.4, -0.2) is 30.1 Å². The number of rotatable bonds is 9. The van der Waals surface area contributed by atoms with Crippen molar-refractivity contribution in [1.29, 1.82) is 0 Å². The van der Waals surface area contributed by atoms with Crippen LogP contribution in [0, 0.1) is 11.8 Å². The highest BCUT2D eigenvalue weighted by Gasteiger charge is 2.34. The highest BCUT2D eigenvalue weighted by atomic mass is 15.2. The molecule has 0 saturated heterocycles. The van der Waals surface area contributed by atoms with Gasteiger partial charge in [-0.1, -0.05) is 48.0 Å². The summed E-state index contributed by atoms with van der Waals surface area (Å²) >= 11 is 0. The summed E-state index contributed by atoms with van der Waals surface area (Å²) < 4.78 is 0. The third-order valence-corrected chi connectivity index (χ3v) is 4.10. The van der Waals surface area contributed by atoms with E-state index in [0.717, 1.165) is 32.0 Å². The fourth-order valence-electron chi connectivity index (χ4n) is 2.75. The minimum Gasteiger partial charge on any atom is -0.329 e. The lowest BCUT2D eigenvalue weighted by Crippen LogP contribution is -2.55. The molecule has 0 radical (unpaired) electrons. The molecule has 2 N–H and O–H groups in total. The minimum atomic E-state index is 0.217. The first-order valence-electron chi connectivity index (χ1n) is 7.40.